The van der Waals surface area contributed by atoms with E-state index >= 15 is 0 Å². The van der Waals surface area contributed by atoms with E-state index in [-0.39, 0.29) is 17.1 Å². The molecule has 200 valence electrons. The van der Waals surface area contributed by atoms with Crippen molar-refractivity contribution in [2.24, 2.45) is 5.73 Å². The number of anilines is 2. The molecule has 0 fully saturated rings. The van der Waals surface area contributed by atoms with Crippen molar-refractivity contribution >= 4 is 40.2 Å². The zero-order valence-electron chi connectivity index (χ0n) is 22.1. The standard InChI is InChI=1S/C17H14ClNO.C12H12N4O.CH5N/c1-2-13-11-12-7-6-10-15(18)16(12)17(20)19(13)14-8-4-3-5-9-14;1-14-9-4-2-3-8(5-9)10-6-15-12(13)11(7-17)16-10;1-2/h3-11H,2H2,1H3;2-7,14H,1H3,(H2,13,15);2H2,1H3. The fourth-order valence-corrected chi connectivity index (χ4v) is 4.23. The number of aryl methyl sites for hydroxylation is 1. The van der Waals surface area contributed by atoms with E-state index in [2.05, 4.69) is 21.0 Å². The molecule has 8 nitrogen and oxygen atoms in total. The van der Waals surface area contributed by atoms with Crippen LogP contribution in [0.25, 0.3) is 27.7 Å². The lowest BCUT2D eigenvalue weighted by Gasteiger charge is -2.14. The molecule has 2 heterocycles. The second kappa shape index (κ2) is 13.9. The van der Waals surface area contributed by atoms with Crippen LogP contribution >= 0.6 is 11.6 Å². The molecule has 0 radical (unpaired) electrons. The summed E-state index contributed by atoms with van der Waals surface area (Å²) >= 11 is 6.20. The summed E-state index contributed by atoms with van der Waals surface area (Å²) in [5.74, 6) is 0.147. The van der Waals surface area contributed by atoms with Gasteiger partial charge in [0.1, 0.15) is 5.69 Å². The van der Waals surface area contributed by atoms with Gasteiger partial charge in [-0.15, -0.1) is 0 Å². The molecule has 3 aromatic carbocycles. The van der Waals surface area contributed by atoms with Gasteiger partial charge in [-0.1, -0.05) is 61.0 Å². The van der Waals surface area contributed by atoms with Crippen LogP contribution in [0.15, 0.2) is 89.9 Å². The number of carbonyl (C=O) groups is 1. The van der Waals surface area contributed by atoms with Crippen LogP contribution < -0.4 is 22.3 Å². The van der Waals surface area contributed by atoms with Crippen molar-refractivity contribution in [3.8, 4) is 16.9 Å². The van der Waals surface area contributed by atoms with Gasteiger partial charge in [-0.3, -0.25) is 14.2 Å². The van der Waals surface area contributed by atoms with Crippen LogP contribution in [0.3, 0.4) is 0 Å². The molecule has 2 aromatic heterocycles. The number of benzene rings is 3. The van der Waals surface area contributed by atoms with E-state index in [0.717, 1.165) is 34.4 Å². The van der Waals surface area contributed by atoms with Gasteiger partial charge < -0.3 is 16.8 Å². The van der Waals surface area contributed by atoms with Crippen molar-refractivity contribution in [1.29, 1.82) is 0 Å². The van der Waals surface area contributed by atoms with E-state index in [1.54, 1.807) is 16.8 Å². The first-order valence-corrected chi connectivity index (χ1v) is 12.7. The number of nitrogens with one attached hydrogen (secondary N) is 1. The molecular weight excluding hydrogens is 512 g/mol. The first-order valence-electron chi connectivity index (χ1n) is 12.3. The minimum atomic E-state index is -0.0591. The number of nitrogens with two attached hydrogens (primary N) is 2. The number of fused-ring (bicyclic) bond motifs is 1. The minimum absolute atomic E-state index is 0.0591. The van der Waals surface area contributed by atoms with Gasteiger partial charge >= 0.3 is 0 Å². The number of para-hydroxylation sites is 1. The van der Waals surface area contributed by atoms with Gasteiger partial charge in [0, 0.05) is 29.7 Å². The van der Waals surface area contributed by atoms with Gasteiger partial charge in [-0.2, -0.15) is 0 Å². The maximum absolute atomic E-state index is 12.8. The minimum Gasteiger partial charge on any atom is -0.388 e. The highest BCUT2D eigenvalue weighted by molar-refractivity contribution is 6.35. The van der Waals surface area contributed by atoms with Crippen molar-refractivity contribution in [3.63, 3.8) is 0 Å². The molecule has 0 spiro atoms. The lowest BCUT2D eigenvalue weighted by atomic mass is 10.1. The summed E-state index contributed by atoms with van der Waals surface area (Å²) in [7, 11) is 3.34. The monoisotopic (exact) mass is 542 g/mol. The van der Waals surface area contributed by atoms with Crippen molar-refractivity contribution in [3.05, 3.63) is 112 Å². The molecular formula is C30H31ClN6O2. The van der Waals surface area contributed by atoms with Crippen molar-refractivity contribution in [1.82, 2.24) is 14.5 Å². The molecule has 39 heavy (non-hydrogen) atoms. The fraction of sp³-hybridized carbons (Fsp3) is 0.133. The topological polar surface area (TPSA) is 129 Å². The normalized spacial score (nSPS) is 10.1. The highest BCUT2D eigenvalue weighted by Gasteiger charge is 2.12. The van der Waals surface area contributed by atoms with E-state index < -0.39 is 0 Å². The Morgan fingerprint density at radius 3 is 2.38 bits per heavy atom. The third-order valence-electron chi connectivity index (χ3n) is 5.84. The Labute approximate surface area is 232 Å². The van der Waals surface area contributed by atoms with Crippen LogP contribution in [-0.4, -0.2) is 34.9 Å². The first-order chi connectivity index (χ1) is 19.0. The third-order valence-corrected chi connectivity index (χ3v) is 6.15. The van der Waals surface area contributed by atoms with Crippen LogP contribution in [0.4, 0.5) is 11.5 Å². The summed E-state index contributed by atoms with van der Waals surface area (Å²) in [5, 5.41) is 5.01. The smallest absolute Gasteiger partial charge is 0.264 e. The number of nitrogens with zero attached hydrogens (tertiary/aromatic N) is 3. The number of nitrogen functional groups attached to an aromatic ring is 1. The van der Waals surface area contributed by atoms with Crippen LogP contribution in [-0.2, 0) is 6.42 Å². The summed E-state index contributed by atoms with van der Waals surface area (Å²) in [5.41, 5.74) is 14.4. The second-order valence-electron chi connectivity index (χ2n) is 8.14. The largest absolute Gasteiger partial charge is 0.388 e. The lowest BCUT2D eigenvalue weighted by Crippen LogP contribution is -2.22. The van der Waals surface area contributed by atoms with Gasteiger partial charge in [0.05, 0.1) is 22.3 Å². The Balaban J connectivity index is 0.000000205. The van der Waals surface area contributed by atoms with Crippen LogP contribution in [0.5, 0.6) is 0 Å². The maximum Gasteiger partial charge on any atom is 0.264 e. The summed E-state index contributed by atoms with van der Waals surface area (Å²) in [4.78, 5) is 31.6. The Bertz CT molecular complexity index is 1620. The molecule has 0 unspecified atom stereocenters. The van der Waals surface area contributed by atoms with Gasteiger partial charge in [0.25, 0.3) is 5.56 Å². The van der Waals surface area contributed by atoms with Crippen molar-refractivity contribution in [2.75, 3.05) is 25.1 Å². The predicted octanol–water partition coefficient (Wildman–Crippen LogP) is 5.36. The average Bonchev–Trinajstić information content (AvgIpc) is 2.99. The van der Waals surface area contributed by atoms with E-state index in [0.29, 0.717) is 22.4 Å². The van der Waals surface area contributed by atoms with Crippen LogP contribution in [0.2, 0.25) is 5.02 Å². The molecule has 0 aliphatic heterocycles. The van der Waals surface area contributed by atoms with E-state index in [9.17, 15) is 9.59 Å². The van der Waals surface area contributed by atoms with E-state index in [1.807, 2.05) is 86.8 Å². The quantitative estimate of drug-likeness (QED) is 0.255. The second-order valence-corrected chi connectivity index (χ2v) is 8.55. The highest BCUT2D eigenvalue weighted by atomic mass is 35.5. The molecule has 5 aromatic rings. The summed E-state index contributed by atoms with van der Waals surface area (Å²) in [6.07, 6.45) is 2.94. The zero-order chi connectivity index (χ0) is 28.4. The maximum atomic E-state index is 12.8. The summed E-state index contributed by atoms with van der Waals surface area (Å²) < 4.78 is 1.74. The number of carbonyl (C=O) groups excluding carboxylic acids is 1. The van der Waals surface area contributed by atoms with E-state index in [1.165, 1.54) is 7.05 Å². The number of aldehydes is 1. The number of aromatic nitrogens is 3. The molecule has 0 amide bonds. The Morgan fingerprint density at radius 2 is 1.72 bits per heavy atom. The lowest BCUT2D eigenvalue weighted by molar-refractivity contribution is 0.111. The predicted molar refractivity (Wildman–Crippen MR) is 161 cm³/mol. The molecule has 0 saturated carbocycles. The van der Waals surface area contributed by atoms with Gasteiger partial charge in [-0.25, -0.2) is 9.97 Å². The molecule has 0 bridgehead atoms. The average molecular weight is 543 g/mol. The summed E-state index contributed by atoms with van der Waals surface area (Å²) in [6, 6.07) is 24.9. The molecule has 0 aliphatic carbocycles. The molecule has 0 saturated heterocycles. The molecule has 0 atom stereocenters. The van der Waals surface area contributed by atoms with Crippen LogP contribution in [0.1, 0.15) is 23.1 Å². The SMILES string of the molecule is CCc1cc2cccc(Cl)c2c(=O)n1-c1ccccc1.CN.CNc1cccc(-c2cnc(N)c(C=O)n2)c1. The first kappa shape index (κ1) is 29.0. The fourth-order valence-electron chi connectivity index (χ4n) is 3.97. The summed E-state index contributed by atoms with van der Waals surface area (Å²) in [6.45, 7) is 2.05. The number of halogens is 1. The molecule has 5 rings (SSSR count). The van der Waals surface area contributed by atoms with Crippen LogP contribution in [0, 0.1) is 0 Å². The highest BCUT2D eigenvalue weighted by Crippen LogP contribution is 2.23. The molecule has 0 aliphatic rings. The van der Waals surface area contributed by atoms with E-state index in [4.69, 9.17) is 17.3 Å². The number of hydrogen-bond donors (Lipinski definition) is 3. The van der Waals surface area contributed by atoms with Gasteiger partial charge in [0.15, 0.2) is 12.1 Å². The Kier molecular flexibility index (Phi) is 10.3. The molecule has 9 heteroatoms. The third kappa shape index (κ3) is 6.67. The number of rotatable bonds is 5. The Hall–Kier alpha value is -4.53. The zero-order valence-corrected chi connectivity index (χ0v) is 22.8. The Morgan fingerprint density at radius 1 is 1.00 bits per heavy atom. The van der Waals surface area contributed by atoms with Crippen molar-refractivity contribution < 1.29 is 4.79 Å². The number of pyridine rings is 1. The number of hydrogen-bond acceptors (Lipinski definition) is 7. The van der Waals surface area contributed by atoms with Gasteiger partial charge in [0.2, 0.25) is 0 Å². The molecule has 5 N–H and O–H groups in total. The van der Waals surface area contributed by atoms with Gasteiger partial charge in [-0.05, 0) is 55.3 Å². The van der Waals surface area contributed by atoms with Crippen molar-refractivity contribution in [2.45, 2.75) is 13.3 Å².